The van der Waals surface area contributed by atoms with E-state index in [4.69, 9.17) is 24.3 Å². The van der Waals surface area contributed by atoms with Crippen LogP contribution in [-0.4, -0.2) is 49.3 Å². The van der Waals surface area contributed by atoms with Gasteiger partial charge in [-0.05, 0) is 103 Å². The van der Waals surface area contributed by atoms with Crippen molar-refractivity contribution in [1.29, 1.82) is 0 Å². The Bertz CT molecular complexity index is 1770. The minimum atomic E-state index is -4.40. The van der Waals surface area contributed by atoms with Crippen molar-refractivity contribution in [2.75, 3.05) is 26.4 Å². The Balaban J connectivity index is 3.89. The number of allylic oxidation sites excluding steroid dienone is 20. The lowest BCUT2D eigenvalue weighted by molar-refractivity contribution is -0.161. The normalized spacial score (nSPS) is 13.7. The van der Waals surface area contributed by atoms with Crippen LogP contribution in [0.15, 0.2) is 122 Å². The Kier molecular flexibility index (Phi) is 64.6. The van der Waals surface area contributed by atoms with Gasteiger partial charge in [0.2, 0.25) is 0 Å². The van der Waals surface area contributed by atoms with Gasteiger partial charge in [0.1, 0.15) is 6.61 Å². The predicted molar refractivity (Wildman–Crippen MR) is 358 cm³/mol. The maximum atomic E-state index is 12.8. The van der Waals surface area contributed by atoms with Gasteiger partial charge in [-0.1, -0.05) is 302 Å². The Morgan fingerprint density at radius 1 is 0.361 bits per heavy atom. The second-order valence-corrected chi connectivity index (χ2v) is 23.7. The van der Waals surface area contributed by atoms with Crippen molar-refractivity contribution in [2.45, 2.75) is 302 Å². The highest BCUT2D eigenvalue weighted by molar-refractivity contribution is 7.47. The highest BCUT2D eigenvalue weighted by atomic mass is 31.2. The van der Waals surface area contributed by atoms with E-state index in [0.717, 1.165) is 103 Å². The van der Waals surface area contributed by atoms with Crippen LogP contribution in [0, 0.1) is 0 Å². The molecule has 3 N–H and O–H groups in total. The average Bonchev–Trinajstić information content (AvgIpc) is 3.49. The molecule has 0 heterocycles. The van der Waals surface area contributed by atoms with Gasteiger partial charge in [-0.2, -0.15) is 0 Å². The molecule has 2 atom stereocenters. The summed E-state index contributed by atoms with van der Waals surface area (Å²) in [6.07, 6.45) is 94.2. The van der Waals surface area contributed by atoms with E-state index in [1.54, 1.807) is 0 Å². The molecule has 0 aromatic carbocycles. The molecule has 83 heavy (non-hydrogen) atoms. The number of hydrogen-bond donors (Lipinski definition) is 2. The Hall–Kier alpha value is -3.59. The van der Waals surface area contributed by atoms with Crippen LogP contribution in [0.25, 0.3) is 0 Å². The smallest absolute Gasteiger partial charge is 0.462 e. The summed E-state index contributed by atoms with van der Waals surface area (Å²) in [6.45, 7) is 3.54. The third-order valence-corrected chi connectivity index (χ3v) is 15.3. The minimum Gasteiger partial charge on any atom is -0.462 e. The Labute approximate surface area is 511 Å². The molecular formula is C73H126NO8P. The second-order valence-electron chi connectivity index (χ2n) is 22.3. The van der Waals surface area contributed by atoms with E-state index < -0.39 is 26.5 Å². The van der Waals surface area contributed by atoms with Gasteiger partial charge < -0.3 is 20.1 Å². The number of carbonyl (C=O) groups is 2. The van der Waals surface area contributed by atoms with Crippen LogP contribution < -0.4 is 5.73 Å². The van der Waals surface area contributed by atoms with Crippen LogP contribution in [0.5, 0.6) is 0 Å². The maximum absolute atomic E-state index is 12.8. The molecule has 476 valence electrons. The van der Waals surface area contributed by atoms with Gasteiger partial charge >= 0.3 is 19.8 Å². The minimum absolute atomic E-state index is 0.0498. The van der Waals surface area contributed by atoms with Crippen LogP contribution in [0.2, 0.25) is 0 Å². The molecule has 0 radical (unpaired) electrons. The average molecular weight is 1180 g/mol. The van der Waals surface area contributed by atoms with E-state index in [1.807, 2.05) is 0 Å². The molecule has 10 heteroatoms. The molecule has 0 aromatic rings. The fourth-order valence-corrected chi connectivity index (χ4v) is 10.2. The first kappa shape index (κ1) is 79.4. The number of unbranched alkanes of at least 4 members (excludes halogenated alkanes) is 30. The van der Waals surface area contributed by atoms with Crippen LogP contribution in [0.4, 0.5) is 0 Å². The fourth-order valence-electron chi connectivity index (χ4n) is 9.40. The number of esters is 2. The van der Waals surface area contributed by atoms with Crippen molar-refractivity contribution in [2.24, 2.45) is 5.73 Å². The van der Waals surface area contributed by atoms with E-state index in [0.29, 0.717) is 6.42 Å². The quantitative estimate of drug-likeness (QED) is 0.0264. The molecule has 0 aliphatic rings. The zero-order valence-corrected chi connectivity index (χ0v) is 54.3. The van der Waals surface area contributed by atoms with Crippen molar-refractivity contribution in [3.63, 3.8) is 0 Å². The molecule has 0 fully saturated rings. The van der Waals surface area contributed by atoms with Gasteiger partial charge in [-0.25, -0.2) is 4.57 Å². The molecule has 0 saturated heterocycles. The number of hydrogen-bond acceptors (Lipinski definition) is 8. The maximum Gasteiger partial charge on any atom is 0.472 e. The van der Waals surface area contributed by atoms with Crippen molar-refractivity contribution in [3.05, 3.63) is 122 Å². The summed E-state index contributed by atoms with van der Waals surface area (Å²) in [7, 11) is -4.40. The monoisotopic (exact) mass is 1180 g/mol. The van der Waals surface area contributed by atoms with Crippen LogP contribution >= 0.6 is 7.82 Å². The Morgan fingerprint density at radius 3 is 0.928 bits per heavy atom. The van der Waals surface area contributed by atoms with Gasteiger partial charge in [0, 0.05) is 19.4 Å². The molecule has 0 rings (SSSR count). The highest BCUT2D eigenvalue weighted by Crippen LogP contribution is 2.43. The predicted octanol–water partition coefficient (Wildman–Crippen LogP) is 22.3. The molecule has 0 saturated carbocycles. The molecule has 9 nitrogen and oxygen atoms in total. The lowest BCUT2D eigenvalue weighted by atomic mass is 10.0. The van der Waals surface area contributed by atoms with Crippen molar-refractivity contribution in [3.8, 4) is 0 Å². The zero-order chi connectivity index (χ0) is 60.1. The number of phosphoric acid groups is 1. The summed E-state index contributed by atoms with van der Waals surface area (Å²) in [5.41, 5.74) is 5.40. The van der Waals surface area contributed by atoms with Crippen LogP contribution in [-0.2, 0) is 32.7 Å². The van der Waals surface area contributed by atoms with E-state index in [2.05, 4.69) is 135 Å². The fraction of sp³-hybridized carbons (Fsp3) is 0.699. The molecule has 0 aliphatic heterocycles. The second kappa shape index (κ2) is 67.5. The van der Waals surface area contributed by atoms with Crippen molar-refractivity contribution in [1.82, 2.24) is 0 Å². The summed E-state index contributed by atoms with van der Waals surface area (Å²) >= 11 is 0. The standard InChI is InChI=1S/C73H126NO8P/c1-3-5-7-9-11-13-15-17-19-21-23-25-27-29-31-33-34-35-36-38-40-42-44-46-48-50-52-54-56-58-60-62-64-66-73(76)82-71(70-81-83(77,78)80-68-67-74)69-79-72(75)65-63-61-59-57-55-53-51-49-47-45-43-41-39-37-32-30-28-26-24-22-20-18-16-14-12-10-8-6-4-2/h5-8,11-14,17-20,23-26,29-32,71H,3-4,9-10,15-16,21-22,27-28,33-70,74H2,1-2H3,(H,77,78)/b7-5-,8-6-,13-11-,14-12-,19-17-,20-18-,25-23-,26-24-,31-29-,32-30-. The van der Waals surface area contributed by atoms with E-state index in [9.17, 15) is 19.0 Å². The van der Waals surface area contributed by atoms with Gasteiger partial charge in [-0.3, -0.25) is 18.6 Å². The first-order valence-corrected chi connectivity index (χ1v) is 35.5. The number of ether oxygens (including phenoxy) is 2. The molecule has 0 aromatic heterocycles. The van der Waals surface area contributed by atoms with Gasteiger partial charge in [0.25, 0.3) is 0 Å². The first-order chi connectivity index (χ1) is 40.8. The summed E-state index contributed by atoms with van der Waals surface area (Å²) in [5, 5.41) is 0. The molecule has 0 amide bonds. The van der Waals surface area contributed by atoms with Crippen molar-refractivity contribution >= 4 is 19.8 Å². The largest absolute Gasteiger partial charge is 0.472 e. The SMILES string of the molecule is CC/C=C\C/C=C\C/C=C\C/C=C\C/C=C\CCCCCCCCCCCCCCCCCCCC(=O)OC(COC(=O)CCCCCCCCCCCCCCC/C=C\C/C=C\C/C=C\C/C=C\C/C=C\CC)COP(=O)(O)OCCN. The third kappa shape index (κ3) is 67.4. The molecule has 0 spiro atoms. The van der Waals surface area contributed by atoms with Crippen LogP contribution in [0.3, 0.4) is 0 Å². The summed E-state index contributed by atoms with van der Waals surface area (Å²) in [4.78, 5) is 35.4. The molecular weight excluding hydrogens is 1050 g/mol. The topological polar surface area (TPSA) is 134 Å². The van der Waals surface area contributed by atoms with E-state index in [1.165, 1.54) is 161 Å². The summed E-state index contributed by atoms with van der Waals surface area (Å²) in [6, 6.07) is 0. The zero-order valence-electron chi connectivity index (χ0n) is 53.4. The molecule has 2 unspecified atom stereocenters. The van der Waals surface area contributed by atoms with Gasteiger partial charge in [0.05, 0.1) is 13.2 Å². The number of nitrogens with two attached hydrogens (primary N) is 1. The number of phosphoric ester groups is 1. The Morgan fingerprint density at radius 2 is 0.627 bits per heavy atom. The first-order valence-electron chi connectivity index (χ1n) is 34.0. The molecule has 0 aliphatic carbocycles. The van der Waals surface area contributed by atoms with Gasteiger partial charge in [0.15, 0.2) is 6.10 Å². The number of carbonyl (C=O) groups excluding carboxylic acids is 2. The summed E-state index contributed by atoms with van der Waals surface area (Å²) < 4.78 is 33.2. The third-order valence-electron chi connectivity index (χ3n) is 14.3. The highest BCUT2D eigenvalue weighted by Gasteiger charge is 2.26. The van der Waals surface area contributed by atoms with E-state index >= 15 is 0 Å². The van der Waals surface area contributed by atoms with Gasteiger partial charge in [-0.15, -0.1) is 0 Å². The molecule has 0 bridgehead atoms. The van der Waals surface area contributed by atoms with Crippen molar-refractivity contribution < 1.29 is 37.6 Å². The lowest BCUT2D eigenvalue weighted by Gasteiger charge is -2.19. The summed E-state index contributed by atoms with van der Waals surface area (Å²) in [5.74, 6) is -0.824. The number of rotatable bonds is 63. The van der Waals surface area contributed by atoms with E-state index in [-0.39, 0.29) is 38.6 Å². The lowest BCUT2D eigenvalue weighted by Crippen LogP contribution is -2.29. The van der Waals surface area contributed by atoms with Crippen LogP contribution in [0.1, 0.15) is 296 Å².